The molecule has 0 aliphatic heterocycles. The van der Waals surface area contributed by atoms with Crippen LogP contribution in [-0.2, 0) is 19.0 Å². The zero-order valence-electron chi connectivity index (χ0n) is 9.95. The first-order chi connectivity index (χ1) is 7.26. The first-order valence-corrected chi connectivity index (χ1v) is 5.66. The molecular weight excluding hydrogens is 196 g/mol. The van der Waals surface area contributed by atoms with Crippen LogP contribution in [0.4, 0.5) is 0 Å². The number of ether oxygens (including phenoxy) is 3. The molecule has 0 N–H and O–H groups in total. The van der Waals surface area contributed by atoms with E-state index in [0.29, 0.717) is 19.8 Å². The fourth-order valence-corrected chi connectivity index (χ4v) is 0.905. The largest absolute Gasteiger partial charge is 0.462 e. The number of carbonyl (C=O) groups is 1. The number of esters is 1. The lowest BCUT2D eigenvalue weighted by molar-refractivity contribution is -0.195. The Morgan fingerprint density at radius 2 is 1.40 bits per heavy atom. The van der Waals surface area contributed by atoms with Crippen LogP contribution in [0.1, 0.15) is 40.0 Å². The van der Waals surface area contributed by atoms with Crippen molar-refractivity contribution in [2.24, 2.45) is 0 Å². The van der Waals surface area contributed by atoms with Gasteiger partial charge in [-0.3, -0.25) is 0 Å². The van der Waals surface area contributed by atoms with Crippen LogP contribution in [0.2, 0.25) is 0 Å². The second kappa shape index (κ2) is 9.93. The first-order valence-electron chi connectivity index (χ1n) is 5.66. The summed E-state index contributed by atoms with van der Waals surface area (Å²) < 4.78 is 15.5. The summed E-state index contributed by atoms with van der Waals surface area (Å²) in [6.07, 6.45) is 1.66. The number of carbonyl (C=O) groups excluding carboxylic acids is 1. The molecule has 0 fully saturated rings. The molecule has 0 rings (SSSR count). The van der Waals surface area contributed by atoms with Crippen LogP contribution in [0, 0.1) is 0 Å². The summed E-state index contributed by atoms with van der Waals surface area (Å²) >= 11 is 0. The lowest BCUT2D eigenvalue weighted by Crippen LogP contribution is -2.30. The van der Waals surface area contributed by atoms with E-state index in [1.54, 1.807) is 0 Å². The molecule has 0 aromatic rings. The van der Waals surface area contributed by atoms with Gasteiger partial charge in [-0.15, -0.1) is 0 Å². The van der Waals surface area contributed by atoms with Crippen molar-refractivity contribution < 1.29 is 19.0 Å². The van der Waals surface area contributed by atoms with Crippen LogP contribution in [0.3, 0.4) is 0 Å². The molecule has 0 aromatic carbocycles. The highest BCUT2D eigenvalue weighted by molar-refractivity contribution is 5.73. The fraction of sp³-hybridized carbons (Fsp3) is 0.909. The van der Waals surface area contributed by atoms with Crippen molar-refractivity contribution in [2.45, 2.75) is 46.3 Å². The summed E-state index contributed by atoms with van der Waals surface area (Å²) in [7, 11) is 0. The molecule has 0 bridgehead atoms. The van der Waals surface area contributed by atoms with Gasteiger partial charge >= 0.3 is 5.97 Å². The molecule has 4 nitrogen and oxygen atoms in total. The molecule has 0 heterocycles. The summed E-state index contributed by atoms with van der Waals surface area (Å²) in [5.41, 5.74) is 0. The molecule has 0 spiro atoms. The SMILES string of the molecule is CCCOC(=O)C(OCCC)OCCC. The molecule has 15 heavy (non-hydrogen) atoms. The lowest BCUT2D eigenvalue weighted by Gasteiger charge is -2.16. The van der Waals surface area contributed by atoms with Gasteiger partial charge in [0.05, 0.1) is 19.8 Å². The van der Waals surface area contributed by atoms with E-state index >= 15 is 0 Å². The van der Waals surface area contributed by atoms with Crippen molar-refractivity contribution in [3.63, 3.8) is 0 Å². The Hall–Kier alpha value is -0.610. The summed E-state index contributed by atoms with van der Waals surface area (Å²) in [5.74, 6) is -0.418. The Kier molecular flexibility index (Phi) is 9.52. The molecule has 0 saturated carbocycles. The number of rotatable bonds is 9. The third-order valence-electron chi connectivity index (χ3n) is 1.59. The maximum Gasteiger partial charge on any atom is 0.363 e. The molecule has 0 saturated heterocycles. The van der Waals surface area contributed by atoms with Gasteiger partial charge in [0.25, 0.3) is 6.29 Å². The predicted molar refractivity (Wildman–Crippen MR) is 57.5 cm³/mol. The minimum atomic E-state index is -0.851. The van der Waals surface area contributed by atoms with Gasteiger partial charge in [0.15, 0.2) is 0 Å². The predicted octanol–water partition coefficient (Wildman–Crippen LogP) is 2.12. The van der Waals surface area contributed by atoms with Crippen molar-refractivity contribution in [1.82, 2.24) is 0 Å². The van der Waals surface area contributed by atoms with Crippen molar-refractivity contribution in [1.29, 1.82) is 0 Å². The van der Waals surface area contributed by atoms with Crippen LogP contribution >= 0.6 is 0 Å². The van der Waals surface area contributed by atoms with Gasteiger partial charge < -0.3 is 14.2 Å². The van der Waals surface area contributed by atoms with Crippen molar-refractivity contribution in [2.75, 3.05) is 19.8 Å². The smallest absolute Gasteiger partial charge is 0.363 e. The van der Waals surface area contributed by atoms with Crippen LogP contribution in [-0.4, -0.2) is 32.1 Å². The van der Waals surface area contributed by atoms with Gasteiger partial charge in [0.2, 0.25) is 0 Å². The van der Waals surface area contributed by atoms with Crippen molar-refractivity contribution >= 4 is 5.97 Å². The quantitative estimate of drug-likeness (QED) is 0.439. The summed E-state index contributed by atoms with van der Waals surface area (Å²) in [6.45, 7) is 7.34. The lowest BCUT2D eigenvalue weighted by atomic mass is 10.5. The van der Waals surface area contributed by atoms with E-state index in [0.717, 1.165) is 19.3 Å². The van der Waals surface area contributed by atoms with Crippen LogP contribution < -0.4 is 0 Å². The van der Waals surface area contributed by atoms with Crippen LogP contribution in [0.5, 0.6) is 0 Å². The normalized spacial score (nSPS) is 10.7. The number of hydrogen-bond donors (Lipinski definition) is 0. The summed E-state index contributed by atoms with van der Waals surface area (Å²) in [4.78, 5) is 11.4. The summed E-state index contributed by atoms with van der Waals surface area (Å²) in [6, 6.07) is 0. The Labute approximate surface area is 91.9 Å². The molecule has 4 heteroatoms. The second-order valence-corrected chi connectivity index (χ2v) is 3.24. The minimum absolute atomic E-state index is 0.417. The molecule has 0 amide bonds. The molecule has 0 aliphatic rings. The topological polar surface area (TPSA) is 44.8 Å². The third kappa shape index (κ3) is 7.33. The number of hydrogen-bond acceptors (Lipinski definition) is 4. The first kappa shape index (κ1) is 14.4. The van der Waals surface area contributed by atoms with Crippen LogP contribution in [0.25, 0.3) is 0 Å². The highest BCUT2D eigenvalue weighted by Crippen LogP contribution is 2.01. The molecule has 0 aromatic heterocycles. The van der Waals surface area contributed by atoms with Crippen molar-refractivity contribution in [3.8, 4) is 0 Å². The average Bonchev–Trinajstić information content (AvgIpc) is 2.26. The standard InChI is InChI=1S/C11H22O4/c1-4-7-13-10(12)11(14-8-5-2)15-9-6-3/h11H,4-9H2,1-3H3. The van der Waals surface area contributed by atoms with Gasteiger partial charge in [-0.1, -0.05) is 20.8 Å². The molecular formula is C11H22O4. The molecule has 0 aliphatic carbocycles. The highest BCUT2D eigenvalue weighted by atomic mass is 16.7. The van der Waals surface area contributed by atoms with E-state index in [9.17, 15) is 4.79 Å². The van der Waals surface area contributed by atoms with E-state index in [2.05, 4.69) is 0 Å². The fourth-order valence-electron chi connectivity index (χ4n) is 0.905. The van der Waals surface area contributed by atoms with Gasteiger partial charge in [-0.25, -0.2) is 4.79 Å². The van der Waals surface area contributed by atoms with E-state index < -0.39 is 12.3 Å². The minimum Gasteiger partial charge on any atom is -0.462 e. The van der Waals surface area contributed by atoms with Gasteiger partial charge in [0.1, 0.15) is 0 Å². The molecule has 0 unspecified atom stereocenters. The molecule has 90 valence electrons. The Bertz CT molecular complexity index is 151. The van der Waals surface area contributed by atoms with Gasteiger partial charge in [-0.2, -0.15) is 0 Å². The molecule has 0 radical (unpaired) electrons. The zero-order valence-corrected chi connectivity index (χ0v) is 9.95. The highest BCUT2D eigenvalue weighted by Gasteiger charge is 2.20. The maximum absolute atomic E-state index is 11.4. The van der Waals surface area contributed by atoms with Crippen LogP contribution in [0.15, 0.2) is 0 Å². The zero-order chi connectivity index (χ0) is 11.5. The monoisotopic (exact) mass is 218 g/mol. The van der Waals surface area contributed by atoms with E-state index in [1.807, 2.05) is 20.8 Å². The van der Waals surface area contributed by atoms with Crippen molar-refractivity contribution in [3.05, 3.63) is 0 Å². The van der Waals surface area contributed by atoms with E-state index in [1.165, 1.54) is 0 Å². The molecule has 0 atom stereocenters. The van der Waals surface area contributed by atoms with Gasteiger partial charge in [0, 0.05) is 0 Å². The van der Waals surface area contributed by atoms with E-state index in [4.69, 9.17) is 14.2 Å². The van der Waals surface area contributed by atoms with Gasteiger partial charge in [-0.05, 0) is 19.3 Å². The van der Waals surface area contributed by atoms with E-state index in [-0.39, 0.29) is 0 Å². The Morgan fingerprint density at radius 1 is 0.933 bits per heavy atom. The third-order valence-corrected chi connectivity index (χ3v) is 1.59. The maximum atomic E-state index is 11.4. The Balaban J connectivity index is 3.90. The summed E-state index contributed by atoms with van der Waals surface area (Å²) in [5, 5.41) is 0. The second-order valence-electron chi connectivity index (χ2n) is 3.24. The Morgan fingerprint density at radius 3 is 1.80 bits per heavy atom. The average molecular weight is 218 g/mol.